The third-order valence-electron chi connectivity index (χ3n) is 7.03. The number of rotatable bonds is 8. The van der Waals surface area contributed by atoms with Gasteiger partial charge < -0.3 is 19.1 Å². The number of anilines is 1. The minimum absolute atomic E-state index is 0.0863. The van der Waals surface area contributed by atoms with Crippen molar-refractivity contribution in [1.29, 1.82) is 0 Å². The van der Waals surface area contributed by atoms with Gasteiger partial charge in [-0.1, -0.05) is 0 Å². The molecule has 2 bridgehead atoms. The molecule has 192 valence electrons. The smallest absolute Gasteiger partial charge is 0.273 e. The summed E-state index contributed by atoms with van der Waals surface area (Å²) in [6, 6.07) is 19.0. The van der Waals surface area contributed by atoms with Crippen molar-refractivity contribution in [3.8, 4) is 23.0 Å². The van der Waals surface area contributed by atoms with E-state index in [1.165, 1.54) is 38.2 Å². The normalized spacial score (nSPS) is 20.2. The van der Waals surface area contributed by atoms with E-state index < -0.39 is 4.92 Å². The first-order chi connectivity index (χ1) is 17.9. The Labute approximate surface area is 215 Å². The lowest BCUT2D eigenvalue weighted by atomic mass is 10.0. The number of hydrogen-bond donors (Lipinski definition) is 1. The molecule has 2 fully saturated rings. The van der Waals surface area contributed by atoms with E-state index in [4.69, 9.17) is 14.2 Å². The van der Waals surface area contributed by atoms with Crippen LogP contribution in [0, 0.1) is 10.1 Å². The highest BCUT2D eigenvalue weighted by Crippen LogP contribution is 2.38. The van der Waals surface area contributed by atoms with E-state index in [-0.39, 0.29) is 23.1 Å². The van der Waals surface area contributed by atoms with Gasteiger partial charge in [0.15, 0.2) is 17.2 Å². The van der Waals surface area contributed by atoms with Gasteiger partial charge in [0.2, 0.25) is 0 Å². The molecule has 1 N–H and O–H groups in total. The topological polar surface area (TPSA) is 103 Å². The second-order valence-electron chi connectivity index (χ2n) is 9.45. The highest BCUT2D eigenvalue weighted by Gasteiger charge is 2.43. The minimum atomic E-state index is -0.494. The Hall–Kier alpha value is -4.11. The quantitative estimate of drug-likeness (QED) is 0.311. The van der Waals surface area contributed by atoms with Gasteiger partial charge in [-0.2, -0.15) is 0 Å². The molecule has 2 saturated heterocycles. The third-order valence-corrected chi connectivity index (χ3v) is 7.03. The standard InChI is InChI=1S/C28H29N3O6/c1-30(21-7-12-23(13-8-21)36-25-14-9-22(31(33)34)18-26(25)35-2)27(32)19-5-10-24(11-6-19)37-28-16-3-4-20(29-28)15-17-28/h5-14,18,20,29H,3-4,15-17H2,1-2H3. The second-order valence-corrected chi connectivity index (χ2v) is 9.45. The molecule has 9 nitrogen and oxygen atoms in total. The summed E-state index contributed by atoms with van der Waals surface area (Å²) in [6.45, 7) is 0. The van der Waals surface area contributed by atoms with E-state index >= 15 is 0 Å². The maximum absolute atomic E-state index is 13.1. The molecule has 0 radical (unpaired) electrons. The number of nitro benzene ring substituents is 1. The van der Waals surface area contributed by atoms with Crippen LogP contribution in [0.4, 0.5) is 11.4 Å². The van der Waals surface area contributed by atoms with Crippen LogP contribution in [0.1, 0.15) is 42.5 Å². The lowest BCUT2D eigenvalue weighted by Crippen LogP contribution is -2.50. The molecule has 5 rings (SSSR count). The molecule has 2 aliphatic heterocycles. The van der Waals surface area contributed by atoms with Crippen LogP contribution in [0.5, 0.6) is 23.0 Å². The highest BCUT2D eigenvalue weighted by atomic mass is 16.6. The SMILES string of the molecule is COc1cc([N+](=O)[O-])ccc1Oc1ccc(N(C)C(=O)c2ccc(OC34CCCC(CC3)N4)cc2)cc1. The van der Waals surface area contributed by atoms with Gasteiger partial charge in [0.1, 0.15) is 11.5 Å². The molecule has 0 aliphatic carbocycles. The minimum Gasteiger partial charge on any atom is -0.493 e. The Morgan fingerprint density at radius 2 is 1.73 bits per heavy atom. The van der Waals surface area contributed by atoms with Crippen molar-refractivity contribution in [3.05, 3.63) is 82.4 Å². The van der Waals surface area contributed by atoms with E-state index in [1.54, 1.807) is 48.3 Å². The van der Waals surface area contributed by atoms with Crippen molar-refractivity contribution in [2.24, 2.45) is 0 Å². The molecule has 2 atom stereocenters. The predicted octanol–water partition coefficient (Wildman–Crippen LogP) is 5.68. The number of benzene rings is 3. The van der Waals surface area contributed by atoms with Gasteiger partial charge in [-0.25, -0.2) is 0 Å². The Balaban J connectivity index is 1.23. The Morgan fingerprint density at radius 3 is 2.43 bits per heavy atom. The van der Waals surface area contributed by atoms with Crippen LogP contribution in [-0.2, 0) is 0 Å². The van der Waals surface area contributed by atoms with Crippen molar-refractivity contribution in [3.63, 3.8) is 0 Å². The fourth-order valence-electron chi connectivity index (χ4n) is 5.02. The number of ether oxygens (including phenoxy) is 3. The molecular weight excluding hydrogens is 474 g/mol. The molecule has 2 aliphatic rings. The van der Waals surface area contributed by atoms with Crippen molar-refractivity contribution in [1.82, 2.24) is 5.32 Å². The summed E-state index contributed by atoms with van der Waals surface area (Å²) in [5, 5.41) is 14.6. The largest absolute Gasteiger partial charge is 0.493 e. The number of amides is 1. The van der Waals surface area contributed by atoms with Gasteiger partial charge in [0, 0.05) is 43.2 Å². The lowest BCUT2D eigenvalue weighted by molar-refractivity contribution is -0.384. The number of carbonyl (C=O) groups excluding carboxylic acids is 1. The first-order valence-corrected chi connectivity index (χ1v) is 12.3. The van der Waals surface area contributed by atoms with Crippen molar-refractivity contribution >= 4 is 17.3 Å². The van der Waals surface area contributed by atoms with Gasteiger partial charge in [0.05, 0.1) is 18.1 Å². The average Bonchev–Trinajstić information content (AvgIpc) is 3.21. The van der Waals surface area contributed by atoms with Crippen LogP contribution in [-0.4, -0.2) is 36.8 Å². The summed E-state index contributed by atoms with van der Waals surface area (Å²) in [5.41, 5.74) is 0.893. The first-order valence-electron chi connectivity index (χ1n) is 12.3. The number of piperidine rings is 1. The number of non-ortho nitro benzene ring substituents is 1. The van der Waals surface area contributed by atoms with Crippen LogP contribution in [0.3, 0.4) is 0 Å². The summed E-state index contributed by atoms with van der Waals surface area (Å²) < 4.78 is 17.4. The molecule has 37 heavy (non-hydrogen) atoms. The highest BCUT2D eigenvalue weighted by molar-refractivity contribution is 6.05. The maximum atomic E-state index is 13.1. The summed E-state index contributed by atoms with van der Waals surface area (Å²) in [6.07, 6.45) is 5.54. The molecule has 0 aromatic heterocycles. The summed E-state index contributed by atoms with van der Waals surface area (Å²) in [5.74, 6) is 1.72. The first kappa shape index (κ1) is 24.6. The van der Waals surface area contributed by atoms with E-state index in [1.807, 2.05) is 12.1 Å². The summed E-state index contributed by atoms with van der Waals surface area (Å²) in [7, 11) is 3.14. The molecule has 1 amide bonds. The van der Waals surface area contributed by atoms with Crippen LogP contribution < -0.4 is 24.4 Å². The maximum Gasteiger partial charge on any atom is 0.273 e. The van der Waals surface area contributed by atoms with E-state index in [0.717, 1.165) is 25.0 Å². The van der Waals surface area contributed by atoms with Gasteiger partial charge in [-0.15, -0.1) is 0 Å². The van der Waals surface area contributed by atoms with Crippen LogP contribution in [0.2, 0.25) is 0 Å². The fraction of sp³-hybridized carbons (Fsp3) is 0.321. The lowest BCUT2D eigenvalue weighted by Gasteiger charge is -2.35. The van der Waals surface area contributed by atoms with Gasteiger partial charge >= 0.3 is 0 Å². The monoisotopic (exact) mass is 503 g/mol. The zero-order valence-electron chi connectivity index (χ0n) is 20.8. The summed E-state index contributed by atoms with van der Waals surface area (Å²) >= 11 is 0. The van der Waals surface area contributed by atoms with Crippen molar-refractivity contribution in [2.75, 3.05) is 19.1 Å². The van der Waals surface area contributed by atoms with Crippen molar-refractivity contribution in [2.45, 2.75) is 43.9 Å². The molecule has 0 spiro atoms. The number of methoxy groups -OCH3 is 1. The van der Waals surface area contributed by atoms with Gasteiger partial charge in [0.25, 0.3) is 11.6 Å². The number of fused-ring (bicyclic) bond motifs is 2. The summed E-state index contributed by atoms with van der Waals surface area (Å²) in [4.78, 5) is 25.1. The molecular formula is C28H29N3O6. The third kappa shape index (κ3) is 5.22. The molecule has 3 aromatic rings. The molecule has 2 unspecified atom stereocenters. The average molecular weight is 504 g/mol. The van der Waals surface area contributed by atoms with Crippen LogP contribution in [0.15, 0.2) is 66.7 Å². The molecule has 9 heteroatoms. The van der Waals surface area contributed by atoms with E-state index in [2.05, 4.69) is 5.32 Å². The second kappa shape index (κ2) is 10.1. The zero-order valence-corrected chi connectivity index (χ0v) is 20.8. The fourth-order valence-corrected chi connectivity index (χ4v) is 5.02. The number of nitrogens with one attached hydrogen (secondary N) is 1. The molecule has 2 heterocycles. The Kier molecular flexibility index (Phi) is 6.71. The molecule has 0 saturated carbocycles. The number of hydrogen-bond acceptors (Lipinski definition) is 7. The number of nitro groups is 1. The van der Waals surface area contributed by atoms with Crippen molar-refractivity contribution < 1.29 is 23.9 Å². The Bertz CT molecular complexity index is 1290. The number of carbonyl (C=O) groups is 1. The molecule has 3 aromatic carbocycles. The van der Waals surface area contributed by atoms with Crippen LogP contribution >= 0.6 is 0 Å². The predicted molar refractivity (Wildman–Crippen MR) is 139 cm³/mol. The number of nitrogens with zero attached hydrogens (tertiary/aromatic N) is 2. The Morgan fingerprint density at radius 1 is 1.00 bits per heavy atom. The van der Waals surface area contributed by atoms with E-state index in [0.29, 0.717) is 28.8 Å². The van der Waals surface area contributed by atoms with Gasteiger partial charge in [-0.3, -0.25) is 20.2 Å². The van der Waals surface area contributed by atoms with Gasteiger partial charge in [-0.05, 0) is 73.9 Å². The van der Waals surface area contributed by atoms with Crippen LogP contribution in [0.25, 0.3) is 0 Å². The van der Waals surface area contributed by atoms with E-state index in [9.17, 15) is 14.9 Å². The zero-order chi connectivity index (χ0) is 26.0.